The summed E-state index contributed by atoms with van der Waals surface area (Å²) in [6.07, 6.45) is 2.76. The average molecular weight is 237 g/mol. The van der Waals surface area contributed by atoms with Gasteiger partial charge in [-0.25, -0.2) is 4.79 Å². The van der Waals surface area contributed by atoms with Gasteiger partial charge in [-0.1, -0.05) is 0 Å². The maximum atomic E-state index is 11.4. The van der Waals surface area contributed by atoms with Crippen molar-refractivity contribution in [1.82, 2.24) is 25.5 Å². The van der Waals surface area contributed by atoms with Gasteiger partial charge in [-0.15, -0.1) is 20.4 Å². The van der Waals surface area contributed by atoms with E-state index in [1.807, 2.05) is 0 Å². The predicted octanol–water partition coefficient (Wildman–Crippen LogP) is -0.720. The molecule has 0 unspecified atom stereocenters. The fourth-order valence-electron chi connectivity index (χ4n) is 1.43. The van der Waals surface area contributed by atoms with Crippen LogP contribution in [0.15, 0.2) is 6.33 Å². The first-order valence-electron chi connectivity index (χ1n) is 5.26. The lowest BCUT2D eigenvalue weighted by Gasteiger charge is -2.13. The highest BCUT2D eigenvalue weighted by molar-refractivity contribution is 5.79. The standard InChI is InChI=1S/C9H11N5O3/c15-8-2-1-5-14(8)17-9(16)4-3-7-12-10-6-11-13-7/h6H,1-5H2. The molecule has 1 aliphatic rings. The molecule has 0 N–H and O–H groups in total. The maximum absolute atomic E-state index is 11.4. The fraction of sp³-hybridized carbons (Fsp3) is 0.556. The van der Waals surface area contributed by atoms with Crippen molar-refractivity contribution in [3.63, 3.8) is 0 Å². The molecule has 2 rings (SSSR count). The van der Waals surface area contributed by atoms with E-state index in [0.717, 1.165) is 11.5 Å². The summed E-state index contributed by atoms with van der Waals surface area (Å²) in [6, 6.07) is 0. The third kappa shape index (κ3) is 3.16. The Hall–Kier alpha value is -2.12. The van der Waals surface area contributed by atoms with Crippen LogP contribution in [0.25, 0.3) is 0 Å². The first kappa shape index (κ1) is 11.4. The van der Waals surface area contributed by atoms with Crippen LogP contribution < -0.4 is 0 Å². The van der Waals surface area contributed by atoms with Crippen LogP contribution in [0.5, 0.6) is 0 Å². The van der Waals surface area contributed by atoms with Crippen LogP contribution in [0.4, 0.5) is 0 Å². The van der Waals surface area contributed by atoms with Gasteiger partial charge in [-0.3, -0.25) is 4.79 Å². The lowest BCUT2D eigenvalue weighted by molar-refractivity contribution is -0.192. The first-order chi connectivity index (χ1) is 8.25. The van der Waals surface area contributed by atoms with Crippen LogP contribution in [0.1, 0.15) is 25.1 Å². The Labute approximate surface area is 96.9 Å². The molecule has 0 aliphatic carbocycles. The van der Waals surface area contributed by atoms with Crippen LogP contribution in [-0.4, -0.2) is 43.9 Å². The molecule has 2 heterocycles. The summed E-state index contributed by atoms with van der Waals surface area (Å²) >= 11 is 0. The van der Waals surface area contributed by atoms with Gasteiger partial charge >= 0.3 is 5.97 Å². The van der Waals surface area contributed by atoms with E-state index < -0.39 is 5.97 Å². The van der Waals surface area contributed by atoms with Gasteiger partial charge in [0, 0.05) is 12.8 Å². The van der Waals surface area contributed by atoms with Gasteiger partial charge < -0.3 is 4.84 Å². The smallest absolute Gasteiger partial charge is 0.332 e. The Bertz CT molecular complexity index is 410. The number of carbonyl (C=O) groups excluding carboxylic acids is 2. The molecule has 8 nitrogen and oxygen atoms in total. The molecule has 1 aliphatic heterocycles. The SMILES string of the molecule is O=C(CCc1nncnn1)ON1CCCC1=O. The molecule has 0 bridgehead atoms. The summed E-state index contributed by atoms with van der Waals surface area (Å²) in [5.41, 5.74) is 0. The second kappa shape index (κ2) is 5.28. The molecule has 8 heteroatoms. The zero-order valence-electron chi connectivity index (χ0n) is 9.07. The Kier molecular flexibility index (Phi) is 3.53. The van der Waals surface area contributed by atoms with Gasteiger partial charge in [0.2, 0.25) is 0 Å². The maximum Gasteiger partial charge on any atom is 0.332 e. The highest BCUT2D eigenvalue weighted by Crippen LogP contribution is 2.10. The Morgan fingerprint density at radius 2 is 2.18 bits per heavy atom. The largest absolute Gasteiger partial charge is 0.338 e. The number of amides is 1. The molecule has 1 amide bonds. The summed E-state index contributed by atoms with van der Waals surface area (Å²) < 4.78 is 0. The molecule has 1 aromatic heterocycles. The number of aromatic nitrogens is 4. The zero-order valence-corrected chi connectivity index (χ0v) is 9.07. The molecule has 17 heavy (non-hydrogen) atoms. The normalized spacial score (nSPS) is 15.1. The van der Waals surface area contributed by atoms with Crippen molar-refractivity contribution in [3.05, 3.63) is 12.2 Å². The second-order valence-corrected chi connectivity index (χ2v) is 3.53. The minimum Gasteiger partial charge on any atom is -0.338 e. The average Bonchev–Trinajstić information content (AvgIpc) is 2.74. The molecule has 0 aromatic carbocycles. The van der Waals surface area contributed by atoms with E-state index in [4.69, 9.17) is 4.84 Å². The topological polar surface area (TPSA) is 98.2 Å². The summed E-state index contributed by atoms with van der Waals surface area (Å²) in [6.45, 7) is 0.468. The number of hydrogen-bond acceptors (Lipinski definition) is 7. The highest BCUT2D eigenvalue weighted by atomic mass is 16.7. The molecule has 0 saturated carbocycles. The number of hydrogen-bond donors (Lipinski definition) is 0. The van der Waals surface area contributed by atoms with Gasteiger partial charge in [0.15, 0.2) is 12.2 Å². The van der Waals surface area contributed by atoms with Gasteiger partial charge in [0.05, 0.1) is 13.0 Å². The molecular formula is C9H11N5O3. The highest BCUT2D eigenvalue weighted by Gasteiger charge is 2.24. The Balaban J connectivity index is 1.76. The van der Waals surface area contributed by atoms with Crippen LogP contribution >= 0.6 is 0 Å². The summed E-state index contributed by atoms with van der Waals surface area (Å²) in [5.74, 6) is -0.262. The van der Waals surface area contributed by atoms with Crippen molar-refractivity contribution < 1.29 is 14.4 Å². The van der Waals surface area contributed by atoms with E-state index in [1.165, 1.54) is 6.33 Å². The summed E-state index contributed by atoms with van der Waals surface area (Å²) in [4.78, 5) is 27.5. The van der Waals surface area contributed by atoms with Crippen molar-refractivity contribution >= 4 is 11.9 Å². The number of carbonyl (C=O) groups is 2. The van der Waals surface area contributed by atoms with E-state index in [1.54, 1.807) is 0 Å². The number of hydroxylamine groups is 2. The second-order valence-electron chi connectivity index (χ2n) is 3.53. The van der Waals surface area contributed by atoms with Crippen LogP contribution in [0.2, 0.25) is 0 Å². The molecule has 1 fully saturated rings. The molecule has 1 saturated heterocycles. The minimum atomic E-state index is -0.479. The van der Waals surface area contributed by atoms with Crippen molar-refractivity contribution in [2.75, 3.05) is 6.54 Å². The van der Waals surface area contributed by atoms with E-state index in [-0.39, 0.29) is 12.3 Å². The molecule has 0 spiro atoms. The number of nitrogens with zero attached hydrogens (tertiary/aromatic N) is 5. The lowest BCUT2D eigenvalue weighted by Crippen LogP contribution is -2.28. The van der Waals surface area contributed by atoms with E-state index in [9.17, 15) is 9.59 Å². The summed E-state index contributed by atoms with van der Waals surface area (Å²) in [5, 5.41) is 15.5. The Morgan fingerprint density at radius 3 is 2.82 bits per heavy atom. The van der Waals surface area contributed by atoms with Crippen molar-refractivity contribution in [2.45, 2.75) is 25.7 Å². The predicted molar refractivity (Wildman–Crippen MR) is 53.0 cm³/mol. The number of aryl methyl sites for hydroxylation is 1. The van der Waals surface area contributed by atoms with Crippen LogP contribution in [0, 0.1) is 0 Å². The molecular weight excluding hydrogens is 226 g/mol. The lowest BCUT2D eigenvalue weighted by atomic mass is 10.3. The van der Waals surface area contributed by atoms with Crippen molar-refractivity contribution in [2.24, 2.45) is 0 Å². The van der Waals surface area contributed by atoms with Gasteiger partial charge in [-0.2, -0.15) is 5.06 Å². The minimum absolute atomic E-state index is 0.0944. The van der Waals surface area contributed by atoms with Gasteiger partial charge in [-0.05, 0) is 6.42 Å². The first-order valence-corrected chi connectivity index (χ1v) is 5.26. The molecule has 1 aromatic rings. The molecule has 0 atom stereocenters. The third-order valence-corrected chi connectivity index (χ3v) is 2.24. The monoisotopic (exact) mass is 237 g/mol. The van der Waals surface area contributed by atoms with E-state index >= 15 is 0 Å². The third-order valence-electron chi connectivity index (χ3n) is 2.24. The molecule has 90 valence electrons. The van der Waals surface area contributed by atoms with Gasteiger partial charge in [0.1, 0.15) is 0 Å². The van der Waals surface area contributed by atoms with Crippen LogP contribution in [-0.2, 0) is 20.8 Å². The fourth-order valence-corrected chi connectivity index (χ4v) is 1.43. The zero-order chi connectivity index (χ0) is 12.1. The van der Waals surface area contributed by atoms with Crippen molar-refractivity contribution in [3.8, 4) is 0 Å². The quantitative estimate of drug-likeness (QED) is 0.681. The van der Waals surface area contributed by atoms with Crippen LogP contribution in [0.3, 0.4) is 0 Å². The molecule has 0 radical (unpaired) electrons. The van der Waals surface area contributed by atoms with Gasteiger partial charge in [0.25, 0.3) is 5.91 Å². The Morgan fingerprint density at radius 1 is 1.41 bits per heavy atom. The van der Waals surface area contributed by atoms with E-state index in [2.05, 4.69) is 20.4 Å². The summed E-state index contributed by atoms with van der Waals surface area (Å²) in [7, 11) is 0. The van der Waals surface area contributed by atoms with E-state index in [0.29, 0.717) is 25.2 Å². The van der Waals surface area contributed by atoms with Crippen molar-refractivity contribution in [1.29, 1.82) is 0 Å². The number of rotatable bonds is 4.